The van der Waals surface area contributed by atoms with Crippen molar-refractivity contribution >= 4 is 0 Å². The van der Waals surface area contributed by atoms with E-state index in [0.717, 1.165) is 5.56 Å². The van der Waals surface area contributed by atoms with Crippen LogP contribution in [-0.4, -0.2) is 11.7 Å². The van der Waals surface area contributed by atoms with Crippen molar-refractivity contribution in [2.75, 3.05) is 6.61 Å². The van der Waals surface area contributed by atoms with Crippen LogP contribution in [0.4, 0.5) is 0 Å². The van der Waals surface area contributed by atoms with Gasteiger partial charge in [0.05, 0.1) is 12.5 Å². The molecule has 1 N–H and O–H groups in total. The summed E-state index contributed by atoms with van der Waals surface area (Å²) < 4.78 is 10.4. The number of hydrogen-bond donors (Lipinski definition) is 1. The Morgan fingerprint density at radius 2 is 2.08 bits per heavy atom. The van der Waals surface area contributed by atoms with Crippen molar-refractivity contribution < 1.29 is 13.9 Å². The normalized spacial score (nSPS) is 10.5. The SMILES string of the molecule is OCCc1ccoc1-c1ccco1. The Kier molecular flexibility index (Phi) is 2.19. The van der Waals surface area contributed by atoms with Gasteiger partial charge in [-0.15, -0.1) is 0 Å². The second-order valence-corrected chi connectivity index (χ2v) is 2.73. The molecule has 0 saturated carbocycles. The fourth-order valence-electron chi connectivity index (χ4n) is 1.28. The van der Waals surface area contributed by atoms with Crippen molar-refractivity contribution in [2.24, 2.45) is 0 Å². The highest BCUT2D eigenvalue weighted by Crippen LogP contribution is 2.25. The molecule has 2 rings (SSSR count). The van der Waals surface area contributed by atoms with E-state index in [-0.39, 0.29) is 6.61 Å². The zero-order valence-corrected chi connectivity index (χ0v) is 7.06. The summed E-state index contributed by atoms with van der Waals surface area (Å²) >= 11 is 0. The Labute approximate surface area is 75.6 Å². The molecule has 0 unspecified atom stereocenters. The molecule has 0 spiro atoms. The van der Waals surface area contributed by atoms with Gasteiger partial charge in [-0.1, -0.05) is 0 Å². The third kappa shape index (κ3) is 1.51. The molecule has 0 radical (unpaired) electrons. The molecule has 13 heavy (non-hydrogen) atoms. The molecule has 3 heteroatoms. The zero-order chi connectivity index (χ0) is 9.10. The summed E-state index contributed by atoms with van der Waals surface area (Å²) in [5.41, 5.74) is 0.970. The highest BCUT2D eigenvalue weighted by atomic mass is 16.4. The van der Waals surface area contributed by atoms with Gasteiger partial charge >= 0.3 is 0 Å². The summed E-state index contributed by atoms with van der Waals surface area (Å²) in [6, 6.07) is 5.48. The third-order valence-corrected chi connectivity index (χ3v) is 1.87. The molecule has 0 amide bonds. The minimum absolute atomic E-state index is 0.118. The Hall–Kier alpha value is -1.48. The topological polar surface area (TPSA) is 46.5 Å². The van der Waals surface area contributed by atoms with Gasteiger partial charge in [-0.2, -0.15) is 0 Å². The zero-order valence-electron chi connectivity index (χ0n) is 7.06. The van der Waals surface area contributed by atoms with Gasteiger partial charge in [0.2, 0.25) is 0 Å². The number of furan rings is 2. The molecule has 2 aromatic rings. The van der Waals surface area contributed by atoms with Crippen molar-refractivity contribution in [2.45, 2.75) is 6.42 Å². The molecule has 0 bridgehead atoms. The van der Waals surface area contributed by atoms with E-state index in [1.54, 1.807) is 18.6 Å². The highest BCUT2D eigenvalue weighted by molar-refractivity contribution is 5.54. The van der Waals surface area contributed by atoms with E-state index in [1.807, 2.05) is 12.1 Å². The monoisotopic (exact) mass is 178 g/mol. The van der Waals surface area contributed by atoms with E-state index in [0.29, 0.717) is 17.9 Å². The lowest BCUT2D eigenvalue weighted by Crippen LogP contribution is -1.89. The van der Waals surface area contributed by atoms with E-state index in [1.165, 1.54) is 0 Å². The van der Waals surface area contributed by atoms with Gasteiger partial charge in [0.15, 0.2) is 11.5 Å². The Morgan fingerprint density at radius 3 is 2.77 bits per heavy atom. The van der Waals surface area contributed by atoms with Crippen LogP contribution in [-0.2, 0) is 6.42 Å². The summed E-state index contributed by atoms with van der Waals surface area (Å²) in [6.07, 6.45) is 3.79. The minimum atomic E-state index is 0.118. The van der Waals surface area contributed by atoms with Gasteiger partial charge in [-0.05, 0) is 24.6 Å². The molecule has 0 atom stereocenters. The average molecular weight is 178 g/mol. The summed E-state index contributed by atoms with van der Waals surface area (Å²) in [4.78, 5) is 0. The maximum Gasteiger partial charge on any atom is 0.172 e. The standard InChI is InChI=1S/C10H10O3/c11-5-3-8-4-7-13-10(8)9-2-1-6-12-9/h1-2,4,6-7,11H,3,5H2. The van der Waals surface area contributed by atoms with Crippen LogP contribution in [0.15, 0.2) is 39.6 Å². The number of aliphatic hydroxyl groups excluding tert-OH is 1. The number of hydrogen-bond acceptors (Lipinski definition) is 3. The molecule has 0 aliphatic rings. The second-order valence-electron chi connectivity index (χ2n) is 2.73. The molecular formula is C10H10O3. The van der Waals surface area contributed by atoms with E-state index >= 15 is 0 Å². The predicted octanol–water partition coefficient (Wildman–Crippen LogP) is 2.07. The van der Waals surface area contributed by atoms with Crippen molar-refractivity contribution in [1.82, 2.24) is 0 Å². The molecule has 3 nitrogen and oxygen atoms in total. The molecule has 0 aliphatic heterocycles. The second kappa shape index (κ2) is 3.49. The molecule has 2 heterocycles. The highest BCUT2D eigenvalue weighted by Gasteiger charge is 2.10. The van der Waals surface area contributed by atoms with Crippen LogP contribution < -0.4 is 0 Å². The maximum absolute atomic E-state index is 8.79. The molecular weight excluding hydrogens is 168 g/mol. The van der Waals surface area contributed by atoms with E-state index in [9.17, 15) is 0 Å². The first kappa shape index (κ1) is 8.13. The van der Waals surface area contributed by atoms with Crippen LogP contribution in [0.25, 0.3) is 11.5 Å². The van der Waals surface area contributed by atoms with E-state index in [2.05, 4.69) is 0 Å². The van der Waals surface area contributed by atoms with Crippen molar-refractivity contribution in [1.29, 1.82) is 0 Å². The number of aliphatic hydroxyl groups is 1. The van der Waals surface area contributed by atoms with E-state index < -0.39 is 0 Å². The minimum Gasteiger partial charge on any atom is -0.461 e. The van der Waals surface area contributed by atoms with Gasteiger partial charge in [0.25, 0.3) is 0 Å². The quantitative estimate of drug-likeness (QED) is 0.782. The first-order chi connectivity index (χ1) is 6.42. The maximum atomic E-state index is 8.79. The Balaban J connectivity index is 2.35. The van der Waals surface area contributed by atoms with Crippen molar-refractivity contribution in [3.63, 3.8) is 0 Å². The van der Waals surface area contributed by atoms with Gasteiger partial charge in [0, 0.05) is 12.2 Å². The third-order valence-electron chi connectivity index (χ3n) is 1.87. The average Bonchev–Trinajstić information content (AvgIpc) is 2.71. The molecule has 2 aromatic heterocycles. The molecule has 68 valence electrons. The van der Waals surface area contributed by atoms with Crippen molar-refractivity contribution in [3.05, 3.63) is 36.3 Å². The number of rotatable bonds is 3. The summed E-state index contributed by atoms with van der Waals surface area (Å²) in [7, 11) is 0. The first-order valence-corrected chi connectivity index (χ1v) is 4.13. The molecule has 0 aromatic carbocycles. The first-order valence-electron chi connectivity index (χ1n) is 4.13. The van der Waals surface area contributed by atoms with Crippen LogP contribution in [0.3, 0.4) is 0 Å². The largest absolute Gasteiger partial charge is 0.461 e. The molecule has 0 fully saturated rings. The van der Waals surface area contributed by atoms with Crippen molar-refractivity contribution in [3.8, 4) is 11.5 Å². The Morgan fingerprint density at radius 1 is 1.15 bits per heavy atom. The lowest BCUT2D eigenvalue weighted by atomic mass is 10.1. The van der Waals surface area contributed by atoms with Crippen LogP contribution in [0.5, 0.6) is 0 Å². The lowest BCUT2D eigenvalue weighted by Gasteiger charge is -1.95. The van der Waals surface area contributed by atoms with E-state index in [4.69, 9.17) is 13.9 Å². The van der Waals surface area contributed by atoms with Crippen LogP contribution in [0.2, 0.25) is 0 Å². The predicted molar refractivity (Wildman–Crippen MR) is 47.2 cm³/mol. The van der Waals surface area contributed by atoms with Gasteiger partial charge in [0.1, 0.15) is 0 Å². The summed E-state index contributed by atoms with van der Waals surface area (Å²) in [5.74, 6) is 1.41. The Bertz CT molecular complexity index is 359. The lowest BCUT2D eigenvalue weighted by molar-refractivity contribution is 0.299. The van der Waals surface area contributed by atoms with Gasteiger partial charge in [-0.25, -0.2) is 0 Å². The fraction of sp³-hybridized carbons (Fsp3) is 0.200. The van der Waals surface area contributed by atoms with Crippen LogP contribution in [0.1, 0.15) is 5.56 Å². The van der Waals surface area contributed by atoms with Gasteiger partial charge in [-0.3, -0.25) is 0 Å². The molecule has 0 aliphatic carbocycles. The van der Waals surface area contributed by atoms with Crippen LogP contribution in [0, 0.1) is 0 Å². The fourth-order valence-corrected chi connectivity index (χ4v) is 1.28. The van der Waals surface area contributed by atoms with Crippen LogP contribution >= 0.6 is 0 Å². The van der Waals surface area contributed by atoms with Gasteiger partial charge < -0.3 is 13.9 Å². The summed E-state index contributed by atoms with van der Waals surface area (Å²) in [5, 5.41) is 8.79. The summed E-state index contributed by atoms with van der Waals surface area (Å²) in [6.45, 7) is 0.118. The molecule has 0 saturated heterocycles. The smallest absolute Gasteiger partial charge is 0.172 e.